The van der Waals surface area contributed by atoms with Gasteiger partial charge >= 0.3 is 6.18 Å². The highest BCUT2D eigenvalue weighted by Crippen LogP contribution is 2.35. The summed E-state index contributed by atoms with van der Waals surface area (Å²) in [5, 5.41) is 13.0. The molecule has 0 unspecified atom stereocenters. The molecular formula is C23H30F4N6O2. The molecule has 2 aromatic heterocycles. The fourth-order valence-electron chi connectivity index (χ4n) is 3.97. The van der Waals surface area contributed by atoms with Crippen LogP contribution in [0.3, 0.4) is 0 Å². The van der Waals surface area contributed by atoms with E-state index in [-0.39, 0.29) is 29.2 Å². The molecule has 1 aliphatic heterocycles. The molecule has 1 aliphatic rings. The molecule has 8 nitrogen and oxygen atoms in total. The molecule has 35 heavy (non-hydrogen) atoms. The van der Waals surface area contributed by atoms with Gasteiger partial charge in [-0.1, -0.05) is 12.7 Å². The number of anilines is 1. The van der Waals surface area contributed by atoms with Crippen molar-refractivity contribution in [3.8, 4) is 0 Å². The Morgan fingerprint density at radius 3 is 2.69 bits per heavy atom. The minimum Gasteiger partial charge on any atom is -0.385 e. The second-order valence-corrected chi connectivity index (χ2v) is 8.39. The lowest BCUT2D eigenvalue weighted by Crippen LogP contribution is -2.47. The van der Waals surface area contributed by atoms with Crippen LogP contribution in [0.4, 0.5) is 23.4 Å². The second-order valence-electron chi connectivity index (χ2n) is 8.39. The average Bonchev–Trinajstić information content (AvgIpc) is 3.17. The van der Waals surface area contributed by atoms with E-state index in [2.05, 4.69) is 26.9 Å². The molecule has 0 aromatic carbocycles. The number of amidine groups is 1. The normalized spacial score (nSPS) is 21.8. The van der Waals surface area contributed by atoms with Crippen LogP contribution in [-0.4, -0.2) is 69.0 Å². The van der Waals surface area contributed by atoms with Crippen LogP contribution in [-0.2, 0) is 4.74 Å². The van der Waals surface area contributed by atoms with Gasteiger partial charge in [-0.2, -0.15) is 13.2 Å². The van der Waals surface area contributed by atoms with Crippen molar-refractivity contribution in [1.29, 1.82) is 0 Å². The number of alkyl halides is 4. The van der Waals surface area contributed by atoms with E-state index >= 15 is 0 Å². The Balaban J connectivity index is 1.92. The highest BCUT2D eigenvalue weighted by molar-refractivity contribution is 5.82. The van der Waals surface area contributed by atoms with E-state index in [0.29, 0.717) is 24.6 Å². The highest BCUT2D eigenvalue weighted by Gasteiger charge is 2.40. The molecule has 0 bridgehead atoms. The zero-order valence-corrected chi connectivity index (χ0v) is 20.1. The lowest BCUT2D eigenvalue weighted by molar-refractivity contribution is -0.163. The summed E-state index contributed by atoms with van der Waals surface area (Å²) in [5.41, 5.74) is 0.371. The summed E-state index contributed by atoms with van der Waals surface area (Å²) in [6.07, 6.45) is -2.45. The first kappa shape index (κ1) is 26.6. The Morgan fingerprint density at radius 1 is 1.40 bits per heavy atom. The van der Waals surface area contributed by atoms with Crippen LogP contribution >= 0.6 is 0 Å². The van der Waals surface area contributed by atoms with Gasteiger partial charge in [0.05, 0.1) is 24.4 Å². The Morgan fingerprint density at radius 2 is 2.11 bits per heavy atom. The SMILES string of the molecule is C=C/C=C(\N=C(/C)N1CC[C@H](OC)[C@H](F)C1)Nc1cc2c(cn1)nc([C@@H](C)O)n2[C@H](C)C(F)(F)F. The van der Waals surface area contributed by atoms with Crippen LogP contribution in [0.1, 0.15) is 45.2 Å². The molecule has 2 aromatic rings. The monoisotopic (exact) mass is 498 g/mol. The molecule has 3 rings (SSSR count). The number of nitrogens with zero attached hydrogens (tertiary/aromatic N) is 5. The van der Waals surface area contributed by atoms with Gasteiger partial charge in [0.1, 0.15) is 47.1 Å². The summed E-state index contributed by atoms with van der Waals surface area (Å²) in [4.78, 5) is 14.7. The topological polar surface area (TPSA) is 87.8 Å². The number of hydrogen-bond donors (Lipinski definition) is 2. The van der Waals surface area contributed by atoms with E-state index in [1.54, 1.807) is 17.9 Å². The summed E-state index contributed by atoms with van der Waals surface area (Å²) in [5.74, 6) is 0.978. The average molecular weight is 499 g/mol. The van der Waals surface area contributed by atoms with Crippen molar-refractivity contribution in [2.75, 3.05) is 25.5 Å². The molecular weight excluding hydrogens is 468 g/mol. The molecule has 0 saturated carbocycles. The molecule has 192 valence electrons. The smallest absolute Gasteiger partial charge is 0.385 e. The van der Waals surface area contributed by atoms with Crippen LogP contribution in [0.2, 0.25) is 0 Å². The van der Waals surface area contributed by atoms with Gasteiger partial charge in [-0.3, -0.25) is 0 Å². The summed E-state index contributed by atoms with van der Waals surface area (Å²) in [6.45, 7) is 8.47. The number of ether oxygens (including phenoxy) is 1. The first-order valence-electron chi connectivity index (χ1n) is 11.2. The molecule has 1 fully saturated rings. The second kappa shape index (κ2) is 10.7. The fourth-order valence-corrected chi connectivity index (χ4v) is 3.97. The van der Waals surface area contributed by atoms with E-state index in [9.17, 15) is 22.7 Å². The predicted octanol–water partition coefficient (Wildman–Crippen LogP) is 4.52. The number of rotatable bonds is 7. The summed E-state index contributed by atoms with van der Waals surface area (Å²) < 4.78 is 61.1. The molecule has 0 radical (unpaired) electrons. The zero-order valence-electron chi connectivity index (χ0n) is 20.1. The first-order valence-corrected chi connectivity index (χ1v) is 11.2. The van der Waals surface area contributed by atoms with E-state index in [1.807, 2.05) is 0 Å². The van der Waals surface area contributed by atoms with Crippen LogP contribution in [0.5, 0.6) is 0 Å². The number of pyridine rings is 1. The molecule has 12 heteroatoms. The maximum Gasteiger partial charge on any atom is 0.408 e. The van der Waals surface area contributed by atoms with Crippen molar-refractivity contribution in [3.63, 3.8) is 0 Å². The number of imidazole rings is 1. The molecule has 0 spiro atoms. The number of piperidine rings is 1. The maximum atomic E-state index is 14.3. The van der Waals surface area contributed by atoms with Gasteiger partial charge < -0.3 is 24.6 Å². The summed E-state index contributed by atoms with van der Waals surface area (Å²) >= 11 is 0. The Kier molecular flexibility index (Phi) is 8.16. The van der Waals surface area contributed by atoms with Gasteiger partial charge in [0.15, 0.2) is 0 Å². The Bertz CT molecular complexity index is 1110. The summed E-state index contributed by atoms with van der Waals surface area (Å²) in [7, 11) is 1.48. The number of likely N-dealkylation sites (tertiary alicyclic amines) is 1. The molecule has 3 heterocycles. The number of aromatic nitrogens is 3. The van der Waals surface area contributed by atoms with Crippen molar-refractivity contribution in [2.45, 2.75) is 57.8 Å². The minimum atomic E-state index is -4.55. The zero-order chi connectivity index (χ0) is 25.9. The predicted molar refractivity (Wildman–Crippen MR) is 126 cm³/mol. The van der Waals surface area contributed by atoms with E-state index in [1.165, 1.54) is 32.4 Å². The number of aliphatic hydroxyl groups excluding tert-OH is 1. The fraction of sp³-hybridized carbons (Fsp3) is 0.522. The van der Waals surface area contributed by atoms with Gasteiger partial charge in [-0.05, 0) is 33.3 Å². The van der Waals surface area contributed by atoms with Gasteiger partial charge in [0, 0.05) is 19.7 Å². The number of aliphatic imine (C=N–C) groups is 1. The van der Waals surface area contributed by atoms with E-state index in [0.717, 1.165) is 11.5 Å². The van der Waals surface area contributed by atoms with Crippen molar-refractivity contribution >= 4 is 22.7 Å². The number of nitrogens with one attached hydrogen (secondary N) is 1. The third kappa shape index (κ3) is 5.99. The number of methoxy groups -OCH3 is 1. The number of allylic oxidation sites excluding steroid dienone is 2. The lowest BCUT2D eigenvalue weighted by atomic mass is 10.1. The van der Waals surface area contributed by atoms with E-state index < -0.39 is 30.6 Å². The van der Waals surface area contributed by atoms with Gasteiger partial charge in [0.2, 0.25) is 0 Å². The van der Waals surface area contributed by atoms with Crippen LogP contribution in [0.25, 0.3) is 11.0 Å². The Hall–Kier alpha value is -2.99. The van der Waals surface area contributed by atoms with Crippen LogP contribution in [0.15, 0.2) is 41.8 Å². The third-order valence-electron chi connectivity index (χ3n) is 5.89. The summed E-state index contributed by atoms with van der Waals surface area (Å²) in [6, 6.07) is -0.501. The van der Waals surface area contributed by atoms with Crippen molar-refractivity contribution in [3.05, 3.63) is 42.6 Å². The molecule has 0 aliphatic carbocycles. The van der Waals surface area contributed by atoms with Crippen molar-refractivity contribution in [2.24, 2.45) is 4.99 Å². The van der Waals surface area contributed by atoms with Gasteiger partial charge in [-0.25, -0.2) is 19.4 Å². The standard InChI is InChI=1S/C23H30F4N6O2/c1-6-7-20(29-15(4)32-9-8-19(35-5)16(24)12-32)31-21-10-18-17(11-28-21)30-22(13(2)34)33(18)14(3)23(25,26)27/h6-7,10-11,13-14,16,19,34H,1,8-9,12H2,2-5H3,(H,28,31)/b20-7+,29-15+/t13-,14-,16-,19+/m1/s1. The van der Waals surface area contributed by atoms with E-state index in [4.69, 9.17) is 4.74 Å². The van der Waals surface area contributed by atoms with Crippen LogP contribution in [0, 0.1) is 0 Å². The third-order valence-corrected chi connectivity index (χ3v) is 5.89. The Labute approximate surface area is 201 Å². The highest BCUT2D eigenvalue weighted by atomic mass is 19.4. The number of aliphatic hydroxyl groups is 1. The van der Waals surface area contributed by atoms with Crippen molar-refractivity contribution < 1.29 is 27.4 Å². The quantitative estimate of drug-likeness (QED) is 0.253. The first-order chi connectivity index (χ1) is 16.5. The molecule has 4 atom stereocenters. The molecule has 1 saturated heterocycles. The number of hydrogen-bond acceptors (Lipinski definition) is 6. The number of halogens is 4. The van der Waals surface area contributed by atoms with Gasteiger partial charge in [0.25, 0.3) is 0 Å². The maximum absolute atomic E-state index is 14.3. The molecule has 0 amide bonds. The lowest BCUT2D eigenvalue weighted by Gasteiger charge is -2.35. The minimum absolute atomic E-state index is 0.111. The largest absolute Gasteiger partial charge is 0.408 e. The van der Waals surface area contributed by atoms with Gasteiger partial charge in [-0.15, -0.1) is 0 Å². The van der Waals surface area contributed by atoms with Crippen molar-refractivity contribution in [1.82, 2.24) is 19.4 Å². The molecule has 2 N–H and O–H groups in total. The number of fused-ring (bicyclic) bond motifs is 1. The van der Waals surface area contributed by atoms with Crippen LogP contribution < -0.4 is 5.32 Å².